The first-order valence-electron chi connectivity index (χ1n) is 9.73. The molecule has 0 spiro atoms. The van der Waals surface area contributed by atoms with Crippen LogP contribution in [0.2, 0.25) is 10.0 Å². The highest BCUT2D eigenvalue weighted by atomic mass is 35.5. The molecule has 0 aromatic heterocycles. The summed E-state index contributed by atoms with van der Waals surface area (Å²) in [5.41, 5.74) is 6.02. The lowest BCUT2D eigenvalue weighted by Crippen LogP contribution is -2.42. The molecule has 0 bridgehead atoms. The van der Waals surface area contributed by atoms with Crippen molar-refractivity contribution < 1.29 is 14.3 Å². The second kappa shape index (κ2) is 8.92. The van der Waals surface area contributed by atoms with Crippen molar-refractivity contribution in [3.05, 3.63) is 105 Å². The molecular formula is C24H20Cl2N3O2+. The number of hydrazine groups is 1. The summed E-state index contributed by atoms with van der Waals surface area (Å²) in [5, 5.41) is 3.97. The van der Waals surface area contributed by atoms with Gasteiger partial charge in [-0.25, -0.2) is 0 Å². The predicted octanol–water partition coefficient (Wildman–Crippen LogP) is 4.32. The smallest absolute Gasteiger partial charge is 0.304 e. The van der Waals surface area contributed by atoms with Gasteiger partial charge in [-0.1, -0.05) is 65.2 Å². The van der Waals surface area contributed by atoms with E-state index in [1.54, 1.807) is 41.2 Å². The summed E-state index contributed by atoms with van der Waals surface area (Å²) in [6, 6.07) is 20.5. The van der Waals surface area contributed by atoms with Crippen molar-refractivity contribution in [2.75, 3.05) is 0 Å². The maximum Gasteiger partial charge on any atom is 0.304 e. The van der Waals surface area contributed by atoms with E-state index in [0.29, 0.717) is 15.6 Å². The Morgan fingerprint density at radius 3 is 2.35 bits per heavy atom. The quantitative estimate of drug-likeness (QED) is 0.579. The first kappa shape index (κ1) is 21.1. The van der Waals surface area contributed by atoms with Crippen molar-refractivity contribution in [3.63, 3.8) is 0 Å². The second-order valence-electron chi connectivity index (χ2n) is 7.35. The van der Waals surface area contributed by atoms with E-state index in [1.807, 2.05) is 49.4 Å². The Balaban J connectivity index is 1.71. The third kappa shape index (κ3) is 4.63. The molecule has 4 rings (SSSR count). The van der Waals surface area contributed by atoms with E-state index in [0.717, 1.165) is 16.7 Å². The molecule has 2 N–H and O–H groups in total. The molecule has 3 aromatic rings. The van der Waals surface area contributed by atoms with E-state index < -0.39 is 12.1 Å². The zero-order valence-corrected chi connectivity index (χ0v) is 18.2. The number of nitrogens with zero attached hydrogens (tertiary/aromatic N) is 1. The largest absolute Gasteiger partial charge is 0.334 e. The van der Waals surface area contributed by atoms with Crippen molar-refractivity contribution in [2.24, 2.45) is 0 Å². The molecule has 3 aromatic carbocycles. The molecule has 5 nitrogen and oxygen atoms in total. The molecular weight excluding hydrogens is 433 g/mol. The maximum absolute atomic E-state index is 12.9. The number of halogens is 2. The lowest BCUT2D eigenvalue weighted by molar-refractivity contribution is -0.596. The van der Waals surface area contributed by atoms with Crippen LogP contribution in [-0.4, -0.2) is 28.8 Å². The van der Waals surface area contributed by atoms with Crippen LogP contribution < -0.4 is 10.7 Å². The van der Waals surface area contributed by atoms with Crippen molar-refractivity contribution in [1.82, 2.24) is 10.7 Å². The lowest BCUT2D eigenvalue weighted by Gasteiger charge is -2.15. The van der Waals surface area contributed by atoms with Crippen LogP contribution in [0, 0.1) is 6.92 Å². The summed E-state index contributed by atoms with van der Waals surface area (Å²) in [4.78, 5) is 25.7. The highest BCUT2D eigenvalue weighted by Crippen LogP contribution is 2.26. The number of rotatable bonds is 4. The van der Waals surface area contributed by atoms with Crippen LogP contribution in [-0.2, 0) is 4.79 Å². The van der Waals surface area contributed by atoms with Crippen molar-refractivity contribution in [3.8, 4) is 0 Å². The van der Waals surface area contributed by atoms with Gasteiger partial charge in [0.1, 0.15) is 0 Å². The van der Waals surface area contributed by atoms with Gasteiger partial charge in [-0.05, 0) is 43.3 Å². The molecule has 1 heterocycles. The molecule has 1 fully saturated rings. The molecule has 2 amide bonds. The van der Waals surface area contributed by atoms with Gasteiger partial charge in [0, 0.05) is 16.1 Å². The first-order chi connectivity index (χ1) is 14.9. The molecule has 0 aliphatic carbocycles. The van der Waals surface area contributed by atoms with Gasteiger partial charge in [0.2, 0.25) is 12.3 Å². The number of amides is 2. The predicted molar refractivity (Wildman–Crippen MR) is 122 cm³/mol. The van der Waals surface area contributed by atoms with E-state index in [1.165, 1.54) is 0 Å². The summed E-state index contributed by atoms with van der Waals surface area (Å²) < 4.78 is 1.70. The molecule has 0 unspecified atom stereocenters. The number of hydrazone groups is 1. The van der Waals surface area contributed by atoms with Gasteiger partial charge in [0.05, 0.1) is 10.6 Å². The van der Waals surface area contributed by atoms with Gasteiger partial charge >= 0.3 is 5.91 Å². The van der Waals surface area contributed by atoms with Crippen LogP contribution in [0.4, 0.5) is 0 Å². The number of benzene rings is 3. The Morgan fingerprint density at radius 1 is 1.00 bits per heavy atom. The third-order valence-corrected chi connectivity index (χ3v) is 5.73. The van der Waals surface area contributed by atoms with Gasteiger partial charge in [0.25, 0.3) is 5.91 Å². The molecule has 1 saturated heterocycles. The fourth-order valence-electron chi connectivity index (χ4n) is 3.50. The lowest BCUT2D eigenvalue weighted by atomic mass is 9.98. The Bertz CT molecular complexity index is 1160. The van der Waals surface area contributed by atoms with E-state index in [-0.39, 0.29) is 11.8 Å². The fraction of sp³-hybridized carbons (Fsp3) is 0.125. The molecule has 0 saturated carbocycles. The minimum atomic E-state index is -0.801. The number of hydrogen-bond donors (Lipinski definition) is 2. The van der Waals surface area contributed by atoms with Crippen molar-refractivity contribution >= 4 is 41.2 Å². The minimum absolute atomic E-state index is 0.309. The molecule has 0 radical (unpaired) electrons. The summed E-state index contributed by atoms with van der Waals surface area (Å²) in [6.45, 7) is 2.00. The number of nitrogens with one attached hydrogen (secondary N) is 2. The summed E-state index contributed by atoms with van der Waals surface area (Å²) in [6.07, 6.45) is 1.78. The second-order valence-corrected chi connectivity index (χ2v) is 8.19. The third-order valence-electron chi connectivity index (χ3n) is 5.13. The van der Waals surface area contributed by atoms with Gasteiger partial charge in [-0.3, -0.25) is 9.59 Å². The Morgan fingerprint density at radius 2 is 1.68 bits per heavy atom. The summed E-state index contributed by atoms with van der Waals surface area (Å²) in [7, 11) is 0. The van der Waals surface area contributed by atoms with Crippen molar-refractivity contribution in [1.29, 1.82) is 0 Å². The van der Waals surface area contributed by atoms with Gasteiger partial charge in [0.15, 0.2) is 6.04 Å². The SMILES string of the molecule is Cc1ccc([C@@H]2[C@H](NC(=O)c3ccc(Cl)cc3)C(=O)N/[N+]2=C\c2ccccc2Cl)cc1. The van der Waals surface area contributed by atoms with E-state index >= 15 is 0 Å². The zero-order valence-electron chi connectivity index (χ0n) is 16.7. The van der Waals surface area contributed by atoms with Crippen LogP contribution in [0.3, 0.4) is 0 Å². The van der Waals surface area contributed by atoms with Crippen LogP contribution in [0.25, 0.3) is 0 Å². The number of carbonyl (C=O) groups excluding carboxylic acids is 2. The topological polar surface area (TPSA) is 61.2 Å². The Hall–Kier alpha value is -3.15. The number of carbonyl (C=O) groups is 2. The van der Waals surface area contributed by atoms with E-state index in [4.69, 9.17) is 23.2 Å². The van der Waals surface area contributed by atoms with Crippen LogP contribution in [0.1, 0.15) is 33.1 Å². The number of aryl methyl sites for hydroxylation is 1. The van der Waals surface area contributed by atoms with E-state index in [2.05, 4.69) is 10.7 Å². The zero-order chi connectivity index (χ0) is 22.0. The summed E-state index contributed by atoms with van der Waals surface area (Å²) >= 11 is 12.2. The average Bonchev–Trinajstić information content (AvgIpc) is 3.05. The minimum Gasteiger partial charge on any atom is -0.334 e. The van der Waals surface area contributed by atoms with Crippen LogP contribution in [0.15, 0.2) is 72.8 Å². The maximum atomic E-state index is 12.9. The van der Waals surface area contributed by atoms with Crippen LogP contribution >= 0.6 is 23.2 Å². The van der Waals surface area contributed by atoms with Gasteiger partial charge in [-0.2, -0.15) is 0 Å². The highest BCUT2D eigenvalue weighted by molar-refractivity contribution is 6.33. The fourth-order valence-corrected chi connectivity index (χ4v) is 3.81. The molecule has 31 heavy (non-hydrogen) atoms. The average molecular weight is 453 g/mol. The molecule has 2 atom stereocenters. The van der Waals surface area contributed by atoms with Crippen LogP contribution in [0.5, 0.6) is 0 Å². The standard InChI is InChI=1S/C24H19Cl2N3O2/c1-15-6-8-16(9-7-15)22-21(27-23(30)17-10-12-19(25)13-11-17)24(31)28-29(22)14-18-4-2-3-5-20(18)26/h2-14,21-22H,1H3,(H-,27,28,30,31)/p+1/b29-14-/t21-,22+/m0/s1. The van der Waals surface area contributed by atoms with Crippen molar-refractivity contribution in [2.45, 2.75) is 19.0 Å². The molecule has 1 aliphatic heterocycles. The number of hydrogen-bond acceptors (Lipinski definition) is 2. The molecule has 156 valence electrons. The Labute approximate surface area is 190 Å². The monoisotopic (exact) mass is 452 g/mol. The normalized spacial score (nSPS) is 19.3. The Kier molecular flexibility index (Phi) is 6.07. The summed E-state index contributed by atoms with van der Waals surface area (Å²) in [5.74, 6) is -0.662. The molecule has 1 aliphatic rings. The van der Waals surface area contributed by atoms with Gasteiger partial charge in [-0.15, -0.1) is 10.1 Å². The van der Waals surface area contributed by atoms with E-state index in [9.17, 15) is 9.59 Å². The highest BCUT2D eigenvalue weighted by Gasteiger charge is 2.47. The van der Waals surface area contributed by atoms with Gasteiger partial charge < -0.3 is 5.32 Å². The first-order valence-corrected chi connectivity index (χ1v) is 10.5. The molecule has 7 heteroatoms.